The molecular weight excluding hydrogens is 474 g/mol. The molecule has 1 aromatic heterocycles. The summed E-state index contributed by atoms with van der Waals surface area (Å²) < 4.78 is 48.5. The molecule has 1 saturated heterocycles. The van der Waals surface area contributed by atoms with Crippen LogP contribution in [0.2, 0.25) is 0 Å². The van der Waals surface area contributed by atoms with Gasteiger partial charge in [0, 0.05) is 12.2 Å². The largest absolute Gasteiger partial charge is 0.462 e. The summed E-state index contributed by atoms with van der Waals surface area (Å²) in [4.78, 5) is 38.8. The Kier molecular flexibility index (Phi) is 6.44. The second-order valence-corrected chi connectivity index (χ2v) is 8.75. The van der Waals surface area contributed by atoms with E-state index in [1.54, 1.807) is 37.3 Å². The van der Waals surface area contributed by atoms with Crippen molar-refractivity contribution < 1.29 is 32.6 Å². The van der Waals surface area contributed by atoms with Crippen molar-refractivity contribution in [3.8, 4) is 0 Å². The number of fused-ring (bicyclic) bond motifs is 1. The van der Waals surface area contributed by atoms with Gasteiger partial charge in [0.1, 0.15) is 36.5 Å². The van der Waals surface area contributed by atoms with Gasteiger partial charge in [0.25, 0.3) is 0 Å². The van der Waals surface area contributed by atoms with E-state index in [1.807, 2.05) is 0 Å². The molecule has 1 aliphatic heterocycles. The molecule has 0 N–H and O–H groups in total. The first-order valence-corrected chi connectivity index (χ1v) is 11.7. The van der Waals surface area contributed by atoms with Gasteiger partial charge in [0.2, 0.25) is 5.43 Å². The van der Waals surface area contributed by atoms with Crippen LogP contribution in [0.5, 0.6) is 0 Å². The predicted molar refractivity (Wildman–Crippen MR) is 126 cm³/mol. The molecule has 1 atom stereocenters. The Hall–Kier alpha value is -3.79. The first-order valence-electron chi connectivity index (χ1n) is 11.7. The van der Waals surface area contributed by atoms with Crippen LogP contribution in [0, 0.1) is 11.6 Å². The summed E-state index contributed by atoms with van der Waals surface area (Å²) in [6.07, 6.45) is 2.20. The summed E-state index contributed by atoms with van der Waals surface area (Å²) in [7, 11) is 0. The van der Waals surface area contributed by atoms with E-state index in [9.17, 15) is 14.4 Å². The third-order valence-corrected chi connectivity index (χ3v) is 6.24. The Morgan fingerprint density at radius 2 is 1.86 bits per heavy atom. The second-order valence-electron chi connectivity index (χ2n) is 8.75. The highest BCUT2D eigenvalue weighted by atomic mass is 19.1. The molecule has 0 spiro atoms. The normalized spacial score (nSPS) is 17.4. The van der Waals surface area contributed by atoms with Crippen molar-refractivity contribution in [2.75, 3.05) is 31.4 Å². The van der Waals surface area contributed by atoms with Gasteiger partial charge in [-0.1, -0.05) is 18.2 Å². The van der Waals surface area contributed by atoms with E-state index < -0.39 is 35.1 Å². The quantitative estimate of drug-likeness (QED) is 0.458. The number of carbonyl (C=O) groups is 2. The molecule has 1 unspecified atom stereocenters. The first-order chi connectivity index (χ1) is 17.4. The number of hydrogen-bond acceptors (Lipinski definition) is 7. The lowest BCUT2D eigenvalue weighted by molar-refractivity contribution is 0.0187. The molecule has 0 amide bonds. The minimum Gasteiger partial charge on any atom is -0.462 e. The maximum atomic E-state index is 15.9. The zero-order chi connectivity index (χ0) is 25.4. The highest BCUT2D eigenvalue weighted by Crippen LogP contribution is 2.40. The van der Waals surface area contributed by atoms with Gasteiger partial charge in [0.15, 0.2) is 5.82 Å². The molecule has 0 radical (unpaired) electrons. The Labute approximate surface area is 205 Å². The highest BCUT2D eigenvalue weighted by molar-refractivity contribution is 5.95. The van der Waals surface area contributed by atoms with Gasteiger partial charge < -0.3 is 23.7 Å². The van der Waals surface area contributed by atoms with E-state index >= 15 is 8.78 Å². The van der Waals surface area contributed by atoms with Crippen LogP contribution in [-0.2, 0) is 14.2 Å². The molecule has 188 valence electrons. The number of aromatic nitrogens is 1. The third-order valence-electron chi connectivity index (χ3n) is 6.24. The van der Waals surface area contributed by atoms with Crippen molar-refractivity contribution in [1.82, 2.24) is 4.57 Å². The summed E-state index contributed by atoms with van der Waals surface area (Å²) in [6, 6.07) is 9.31. The minimum absolute atomic E-state index is 0.0640. The van der Waals surface area contributed by atoms with E-state index in [-0.39, 0.29) is 54.7 Å². The number of benzene rings is 2. The molecule has 1 saturated carbocycles. The standard InChI is InChI=1S/C26H24F2N2O6/c1-2-34-26(33)19-12-30(16-8-9-16)22-18(24(19)31)10-20(27)23(21(22)28)29-11-17(36-14-29)13-35-25(32)15-6-4-3-5-7-15/h3-7,10,12,16-17H,2,8-9,11,13-14H2,1H3. The zero-order valence-electron chi connectivity index (χ0n) is 19.5. The van der Waals surface area contributed by atoms with Crippen LogP contribution < -0.4 is 10.3 Å². The maximum Gasteiger partial charge on any atom is 0.343 e. The van der Waals surface area contributed by atoms with Crippen molar-refractivity contribution in [3.63, 3.8) is 0 Å². The van der Waals surface area contributed by atoms with Gasteiger partial charge in [0.05, 0.1) is 29.6 Å². The molecule has 5 rings (SSSR count). The number of ether oxygens (including phenoxy) is 3. The lowest BCUT2D eigenvalue weighted by Gasteiger charge is -2.21. The average Bonchev–Trinajstić information content (AvgIpc) is 3.62. The average molecular weight is 498 g/mol. The summed E-state index contributed by atoms with van der Waals surface area (Å²) in [5, 5.41) is -0.223. The molecule has 0 bridgehead atoms. The topological polar surface area (TPSA) is 87.1 Å². The summed E-state index contributed by atoms with van der Waals surface area (Å²) in [5.41, 5.74) is -1.05. The first kappa shape index (κ1) is 23.9. The summed E-state index contributed by atoms with van der Waals surface area (Å²) in [5.74, 6) is -3.21. The Morgan fingerprint density at radius 3 is 2.56 bits per heavy atom. The molecule has 8 nitrogen and oxygen atoms in total. The summed E-state index contributed by atoms with van der Waals surface area (Å²) >= 11 is 0. The number of anilines is 1. The van der Waals surface area contributed by atoms with Crippen LogP contribution in [0.4, 0.5) is 14.5 Å². The SMILES string of the molecule is CCOC(=O)c1cn(C2CC2)c2c(F)c(N3COC(COC(=O)c4ccccc4)C3)c(F)cc2c1=O. The maximum absolute atomic E-state index is 15.9. The van der Waals surface area contributed by atoms with Gasteiger partial charge in [-0.3, -0.25) is 4.79 Å². The Bertz CT molecular complexity index is 1390. The number of carbonyl (C=O) groups excluding carboxylic acids is 2. The van der Waals surface area contributed by atoms with Crippen molar-refractivity contribution in [3.05, 3.63) is 75.6 Å². The third kappa shape index (κ3) is 4.44. The molecule has 2 fully saturated rings. The van der Waals surface area contributed by atoms with Crippen molar-refractivity contribution in [2.24, 2.45) is 0 Å². The van der Waals surface area contributed by atoms with Gasteiger partial charge in [-0.25, -0.2) is 18.4 Å². The van der Waals surface area contributed by atoms with Crippen molar-refractivity contribution in [2.45, 2.75) is 31.9 Å². The molecule has 3 aromatic rings. The highest BCUT2D eigenvalue weighted by Gasteiger charge is 2.34. The van der Waals surface area contributed by atoms with E-state index in [0.717, 1.165) is 18.9 Å². The van der Waals surface area contributed by atoms with Crippen LogP contribution in [-0.4, -0.2) is 49.1 Å². The monoisotopic (exact) mass is 498 g/mol. The van der Waals surface area contributed by atoms with Crippen LogP contribution in [0.1, 0.15) is 46.5 Å². The van der Waals surface area contributed by atoms with Gasteiger partial charge in [-0.05, 0) is 38.0 Å². The molecule has 36 heavy (non-hydrogen) atoms. The molecule has 10 heteroatoms. The number of esters is 2. The molecular formula is C26H24F2N2O6. The number of pyridine rings is 1. The number of rotatable bonds is 7. The van der Waals surface area contributed by atoms with Crippen LogP contribution in [0.15, 0.2) is 47.4 Å². The Morgan fingerprint density at radius 1 is 1.11 bits per heavy atom. The fourth-order valence-corrected chi connectivity index (χ4v) is 4.35. The molecule has 2 aromatic carbocycles. The molecule has 2 heterocycles. The van der Waals surface area contributed by atoms with Crippen LogP contribution in [0.25, 0.3) is 10.9 Å². The Balaban J connectivity index is 1.43. The second kappa shape index (κ2) is 9.69. The number of halogens is 2. The molecule has 1 aliphatic carbocycles. The minimum atomic E-state index is -0.953. The van der Waals surface area contributed by atoms with Crippen molar-refractivity contribution >= 4 is 28.5 Å². The number of hydrogen-bond donors (Lipinski definition) is 0. The zero-order valence-corrected chi connectivity index (χ0v) is 19.5. The molecule has 2 aliphatic rings. The van der Waals surface area contributed by atoms with Crippen LogP contribution >= 0.6 is 0 Å². The van der Waals surface area contributed by atoms with E-state index in [1.165, 1.54) is 15.7 Å². The smallest absolute Gasteiger partial charge is 0.343 e. The van der Waals surface area contributed by atoms with Gasteiger partial charge in [-0.15, -0.1) is 0 Å². The van der Waals surface area contributed by atoms with Crippen LogP contribution in [0.3, 0.4) is 0 Å². The fraction of sp³-hybridized carbons (Fsp3) is 0.346. The lowest BCUT2D eigenvalue weighted by Crippen LogP contribution is -2.28. The van der Waals surface area contributed by atoms with E-state index in [4.69, 9.17) is 14.2 Å². The predicted octanol–water partition coefficient (Wildman–Crippen LogP) is 3.81. The van der Waals surface area contributed by atoms with E-state index in [2.05, 4.69) is 0 Å². The number of nitrogens with zero attached hydrogens (tertiary/aromatic N) is 2. The van der Waals surface area contributed by atoms with Gasteiger partial charge >= 0.3 is 11.9 Å². The fourth-order valence-electron chi connectivity index (χ4n) is 4.35. The lowest BCUT2D eigenvalue weighted by atomic mass is 10.1. The summed E-state index contributed by atoms with van der Waals surface area (Å²) in [6.45, 7) is 1.55. The van der Waals surface area contributed by atoms with Gasteiger partial charge in [-0.2, -0.15) is 0 Å². The van der Waals surface area contributed by atoms with Crippen molar-refractivity contribution in [1.29, 1.82) is 0 Å². The van der Waals surface area contributed by atoms with E-state index in [0.29, 0.717) is 5.56 Å².